The van der Waals surface area contributed by atoms with Crippen molar-refractivity contribution in [2.45, 2.75) is 17.0 Å². The van der Waals surface area contributed by atoms with Gasteiger partial charge in [0.1, 0.15) is 10.6 Å². The van der Waals surface area contributed by atoms with E-state index in [-0.39, 0.29) is 5.91 Å². The molecule has 0 spiro atoms. The zero-order chi connectivity index (χ0) is 20.6. The lowest BCUT2D eigenvalue weighted by molar-refractivity contribution is 0.0667. The van der Waals surface area contributed by atoms with Crippen LogP contribution in [0.1, 0.15) is 21.1 Å². The Hall–Kier alpha value is -1.95. The highest BCUT2D eigenvalue weighted by atomic mass is 32.2. The Morgan fingerprint density at radius 3 is 2.59 bits per heavy atom. The number of hydrogen-bond donors (Lipinski definition) is 0. The third-order valence-corrected chi connectivity index (χ3v) is 8.04. The molecule has 1 aliphatic heterocycles. The van der Waals surface area contributed by atoms with Crippen LogP contribution in [0, 0.1) is 6.92 Å². The largest absolute Gasteiger partial charge is 0.451 e. The van der Waals surface area contributed by atoms with Crippen molar-refractivity contribution in [3.8, 4) is 0 Å². The van der Waals surface area contributed by atoms with Crippen molar-refractivity contribution >= 4 is 50.0 Å². The van der Waals surface area contributed by atoms with Gasteiger partial charge in [0.05, 0.1) is 6.26 Å². The van der Waals surface area contributed by atoms with Gasteiger partial charge in [-0.25, -0.2) is 8.42 Å². The molecule has 3 aromatic rings. The Kier molecular flexibility index (Phi) is 5.65. The van der Waals surface area contributed by atoms with E-state index < -0.39 is 10.0 Å². The Bertz CT molecular complexity index is 1150. The van der Waals surface area contributed by atoms with E-state index in [1.807, 2.05) is 31.2 Å². The molecular weight excluding hydrogens is 432 g/mol. The lowest BCUT2D eigenvalue weighted by atomic mass is 10.1. The van der Waals surface area contributed by atoms with Crippen LogP contribution < -0.4 is 0 Å². The minimum atomic E-state index is -3.25. The van der Waals surface area contributed by atoms with Crippen molar-refractivity contribution < 1.29 is 17.6 Å². The van der Waals surface area contributed by atoms with Gasteiger partial charge < -0.3 is 9.32 Å². The number of piperazine rings is 1. The predicted octanol–water partition coefficient (Wildman–Crippen LogP) is 2.60. The van der Waals surface area contributed by atoms with Crippen molar-refractivity contribution in [2.75, 3.05) is 32.4 Å². The van der Waals surface area contributed by atoms with Gasteiger partial charge in [-0.1, -0.05) is 41.3 Å². The van der Waals surface area contributed by atoms with E-state index in [9.17, 15) is 13.2 Å². The second-order valence-corrected chi connectivity index (χ2v) is 11.1. The van der Waals surface area contributed by atoms with E-state index in [1.165, 1.54) is 33.7 Å². The highest BCUT2D eigenvalue weighted by Gasteiger charge is 2.30. The van der Waals surface area contributed by atoms with Gasteiger partial charge in [0.2, 0.25) is 10.0 Å². The molecule has 29 heavy (non-hydrogen) atoms. The molecule has 0 unspecified atom stereocenters. The van der Waals surface area contributed by atoms with Crippen LogP contribution in [0.2, 0.25) is 0 Å². The summed E-state index contributed by atoms with van der Waals surface area (Å²) in [6, 6.07) is 7.58. The molecule has 1 saturated heterocycles. The Balaban J connectivity index is 1.58. The minimum Gasteiger partial charge on any atom is -0.451 e. The number of rotatable bonds is 5. The van der Waals surface area contributed by atoms with Gasteiger partial charge in [-0.3, -0.25) is 4.79 Å². The van der Waals surface area contributed by atoms with Crippen LogP contribution in [0.5, 0.6) is 0 Å². The van der Waals surface area contributed by atoms with Gasteiger partial charge in [0.25, 0.3) is 5.91 Å². The number of hydrogen-bond acceptors (Lipinski definition) is 8. The average Bonchev–Trinajstić information content (AvgIpc) is 3.28. The van der Waals surface area contributed by atoms with Gasteiger partial charge in [0, 0.05) is 42.9 Å². The number of aromatic nitrogens is 2. The van der Waals surface area contributed by atoms with Crippen LogP contribution in [0.15, 0.2) is 33.0 Å². The molecule has 8 nitrogen and oxygen atoms in total. The Labute approximate surface area is 176 Å². The summed E-state index contributed by atoms with van der Waals surface area (Å²) in [5, 5.41) is 9.96. The molecular formula is C18H20N4O4S3. The molecule has 3 heterocycles. The smallest absolute Gasteiger partial charge is 0.290 e. The van der Waals surface area contributed by atoms with E-state index in [0.717, 1.165) is 20.3 Å². The van der Waals surface area contributed by atoms with Crippen LogP contribution in [0.3, 0.4) is 0 Å². The van der Waals surface area contributed by atoms with Gasteiger partial charge >= 0.3 is 0 Å². The second kappa shape index (κ2) is 8.05. The van der Waals surface area contributed by atoms with E-state index in [4.69, 9.17) is 4.42 Å². The molecule has 2 aromatic heterocycles. The van der Waals surface area contributed by atoms with Crippen molar-refractivity contribution in [2.24, 2.45) is 0 Å². The van der Waals surface area contributed by atoms with Crippen LogP contribution in [0.4, 0.5) is 0 Å². The molecule has 4 rings (SSSR count). The lowest BCUT2D eigenvalue weighted by Gasteiger charge is -2.32. The first-order valence-electron chi connectivity index (χ1n) is 9.00. The number of aryl methyl sites for hydroxylation is 1. The van der Waals surface area contributed by atoms with Crippen molar-refractivity contribution in [3.63, 3.8) is 0 Å². The van der Waals surface area contributed by atoms with Gasteiger partial charge in [0.15, 0.2) is 10.1 Å². The summed E-state index contributed by atoms with van der Waals surface area (Å²) in [6.45, 7) is 3.16. The van der Waals surface area contributed by atoms with Crippen LogP contribution >= 0.6 is 23.1 Å². The van der Waals surface area contributed by atoms with E-state index in [0.29, 0.717) is 43.3 Å². The first kappa shape index (κ1) is 20.3. The molecule has 154 valence electrons. The number of carbonyl (C=O) groups is 1. The summed E-state index contributed by atoms with van der Waals surface area (Å²) in [7, 11) is -3.25. The normalized spacial score (nSPS) is 15.9. The van der Waals surface area contributed by atoms with Gasteiger partial charge in [-0.15, -0.1) is 10.2 Å². The number of furan rings is 1. The fraction of sp³-hybridized carbons (Fsp3) is 0.389. The van der Waals surface area contributed by atoms with Crippen molar-refractivity contribution in [3.05, 3.63) is 40.6 Å². The second-order valence-electron chi connectivity index (χ2n) is 6.74. The minimum absolute atomic E-state index is 0.210. The van der Waals surface area contributed by atoms with E-state index in [2.05, 4.69) is 10.2 Å². The first-order valence-corrected chi connectivity index (χ1v) is 12.7. The number of benzene rings is 1. The number of carbonyl (C=O) groups excluding carboxylic acids is 1. The first-order chi connectivity index (χ1) is 13.8. The number of sulfonamides is 1. The molecule has 0 saturated carbocycles. The summed E-state index contributed by atoms with van der Waals surface area (Å²) in [5.74, 6) is 0.641. The lowest BCUT2D eigenvalue weighted by Crippen LogP contribution is -2.50. The molecule has 1 aromatic carbocycles. The van der Waals surface area contributed by atoms with Crippen LogP contribution in [0.25, 0.3) is 11.0 Å². The Morgan fingerprint density at radius 1 is 1.21 bits per heavy atom. The maximum atomic E-state index is 13.2. The summed E-state index contributed by atoms with van der Waals surface area (Å²) in [6.07, 6.45) is 1.19. The van der Waals surface area contributed by atoms with Gasteiger partial charge in [-0.2, -0.15) is 4.31 Å². The molecule has 0 atom stereocenters. The van der Waals surface area contributed by atoms with Crippen molar-refractivity contribution in [1.82, 2.24) is 19.4 Å². The number of thioether (sulfide) groups is 1. The molecule has 0 radical (unpaired) electrons. The molecule has 1 amide bonds. The summed E-state index contributed by atoms with van der Waals surface area (Å²) in [4.78, 5) is 14.8. The zero-order valence-electron chi connectivity index (χ0n) is 16.0. The molecule has 0 bridgehead atoms. The third-order valence-electron chi connectivity index (χ3n) is 4.73. The van der Waals surface area contributed by atoms with Gasteiger partial charge in [-0.05, 0) is 13.0 Å². The van der Waals surface area contributed by atoms with Crippen molar-refractivity contribution in [1.29, 1.82) is 0 Å². The maximum Gasteiger partial charge on any atom is 0.290 e. The molecule has 0 N–H and O–H groups in total. The summed E-state index contributed by atoms with van der Waals surface area (Å²) < 4.78 is 31.6. The molecule has 0 aliphatic carbocycles. The quantitative estimate of drug-likeness (QED) is 0.549. The predicted molar refractivity (Wildman–Crippen MR) is 113 cm³/mol. The standard InChI is InChI=1S/C18H20N4O4S3/c1-12-19-20-18(28-12)27-11-14-13-5-3-4-6-15(13)26-16(14)17(23)21-7-9-22(10-8-21)29(2,24)25/h3-6H,7-11H2,1-2H3. The highest BCUT2D eigenvalue weighted by molar-refractivity contribution is 8.00. The fourth-order valence-electron chi connectivity index (χ4n) is 3.25. The highest BCUT2D eigenvalue weighted by Crippen LogP contribution is 2.33. The SMILES string of the molecule is Cc1nnc(SCc2c(C(=O)N3CCN(S(C)(=O)=O)CC3)oc3ccccc23)s1. The molecule has 1 aliphatic rings. The molecule has 1 fully saturated rings. The zero-order valence-corrected chi connectivity index (χ0v) is 18.4. The van der Waals surface area contributed by atoms with E-state index in [1.54, 1.807) is 4.90 Å². The van der Waals surface area contributed by atoms with Crippen LogP contribution in [-0.2, 0) is 15.8 Å². The summed E-state index contributed by atoms with van der Waals surface area (Å²) >= 11 is 3.03. The third kappa shape index (κ3) is 4.32. The number of para-hydroxylation sites is 1. The summed E-state index contributed by atoms with van der Waals surface area (Å²) in [5.41, 5.74) is 1.49. The average molecular weight is 453 g/mol. The van der Waals surface area contributed by atoms with Crippen LogP contribution in [-0.4, -0.2) is 66.2 Å². The number of fused-ring (bicyclic) bond motifs is 1. The Morgan fingerprint density at radius 2 is 1.93 bits per heavy atom. The topological polar surface area (TPSA) is 96.6 Å². The number of nitrogens with zero attached hydrogens (tertiary/aromatic N) is 4. The number of amides is 1. The fourth-order valence-corrected chi connectivity index (χ4v) is 5.92. The molecule has 11 heteroatoms. The van der Waals surface area contributed by atoms with E-state index >= 15 is 0 Å². The maximum absolute atomic E-state index is 13.2. The monoisotopic (exact) mass is 452 g/mol.